The number of halogens is 3. The third-order valence-corrected chi connectivity index (χ3v) is 3.46. The lowest BCUT2D eigenvalue weighted by atomic mass is 10.5. The fourth-order valence-corrected chi connectivity index (χ4v) is 2.41. The molecule has 0 aliphatic heterocycles. The van der Waals surface area contributed by atoms with Crippen LogP contribution >= 0.6 is 0 Å². The van der Waals surface area contributed by atoms with E-state index in [4.69, 9.17) is 0 Å². The van der Waals surface area contributed by atoms with E-state index < -0.39 is 28.4 Å². The second kappa shape index (κ2) is 4.68. The number of hydrogen-bond acceptors (Lipinski definition) is 4. The number of nitrogens with zero attached hydrogens (tertiary/aromatic N) is 3. The number of sulfonamides is 1. The van der Waals surface area contributed by atoms with Gasteiger partial charge in [-0.05, 0) is 0 Å². The summed E-state index contributed by atoms with van der Waals surface area (Å²) in [7, 11) is -4.07. The van der Waals surface area contributed by atoms with Crippen LogP contribution < -0.4 is 4.72 Å². The van der Waals surface area contributed by atoms with Crippen molar-refractivity contribution in [3.63, 3.8) is 0 Å². The molecule has 6 nitrogen and oxygen atoms in total. The minimum absolute atomic E-state index is 0.0541. The maximum absolute atomic E-state index is 12.0. The highest BCUT2D eigenvalue weighted by Gasteiger charge is 2.29. The van der Waals surface area contributed by atoms with Crippen LogP contribution in [0.2, 0.25) is 0 Å². The van der Waals surface area contributed by atoms with Crippen molar-refractivity contribution >= 4 is 21.4 Å². The average molecular weight is 294 g/mol. The van der Waals surface area contributed by atoms with Gasteiger partial charge in [0.05, 0.1) is 36.5 Å². The van der Waals surface area contributed by atoms with Gasteiger partial charge in [-0.25, -0.2) is 17.9 Å². The molecular formula is C9H9F3N4O2S. The average Bonchev–Trinajstić information content (AvgIpc) is 2.72. The molecule has 2 heterocycles. The number of nitrogens with one attached hydrogen (secondary N) is 1. The normalized spacial score (nSPS) is 12.8. The van der Waals surface area contributed by atoms with Crippen LogP contribution in [-0.4, -0.2) is 34.9 Å². The SMILES string of the molecule is O=S(=O)(CCC(F)(F)F)Nc1cnc2ccnn2c1. The molecule has 2 aromatic heterocycles. The highest BCUT2D eigenvalue weighted by molar-refractivity contribution is 7.92. The lowest BCUT2D eigenvalue weighted by Crippen LogP contribution is -2.22. The first-order valence-electron chi connectivity index (χ1n) is 5.12. The van der Waals surface area contributed by atoms with E-state index in [0.29, 0.717) is 5.65 Å². The number of fused-ring (bicyclic) bond motifs is 1. The monoisotopic (exact) mass is 294 g/mol. The Morgan fingerprint density at radius 2 is 2.11 bits per heavy atom. The fourth-order valence-electron chi connectivity index (χ4n) is 1.34. The molecule has 0 spiro atoms. The molecule has 0 unspecified atom stereocenters. The van der Waals surface area contributed by atoms with Gasteiger partial charge in [0.1, 0.15) is 0 Å². The summed E-state index contributed by atoms with van der Waals surface area (Å²) < 4.78 is 62.2. The summed E-state index contributed by atoms with van der Waals surface area (Å²) in [6.45, 7) is 0. The van der Waals surface area contributed by atoms with Crippen molar-refractivity contribution in [2.75, 3.05) is 10.5 Å². The predicted octanol–water partition coefficient (Wildman–Crippen LogP) is 1.42. The Bertz CT molecular complexity index is 680. The molecule has 1 N–H and O–H groups in total. The lowest BCUT2D eigenvalue weighted by molar-refractivity contribution is -0.129. The molecule has 0 amide bonds. The summed E-state index contributed by atoms with van der Waals surface area (Å²) in [6, 6.07) is 1.60. The van der Waals surface area contributed by atoms with E-state index in [0.717, 1.165) is 0 Å². The first kappa shape index (κ1) is 13.6. The van der Waals surface area contributed by atoms with Crippen molar-refractivity contribution in [3.8, 4) is 0 Å². The maximum Gasteiger partial charge on any atom is 0.390 e. The van der Waals surface area contributed by atoms with E-state index in [1.165, 1.54) is 23.1 Å². The van der Waals surface area contributed by atoms with Gasteiger partial charge in [-0.3, -0.25) is 4.72 Å². The molecule has 0 aromatic carbocycles. The van der Waals surface area contributed by atoms with Crippen LogP contribution in [0.15, 0.2) is 24.7 Å². The van der Waals surface area contributed by atoms with Crippen molar-refractivity contribution in [2.45, 2.75) is 12.6 Å². The van der Waals surface area contributed by atoms with Crippen LogP contribution in [0.3, 0.4) is 0 Å². The minimum Gasteiger partial charge on any atom is -0.280 e. The zero-order valence-corrected chi connectivity index (χ0v) is 10.2. The summed E-state index contributed by atoms with van der Waals surface area (Å²) in [4.78, 5) is 3.89. The summed E-state index contributed by atoms with van der Waals surface area (Å²) in [5, 5.41) is 3.83. The topological polar surface area (TPSA) is 76.4 Å². The molecule has 2 rings (SSSR count). The first-order valence-corrected chi connectivity index (χ1v) is 6.77. The van der Waals surface area contributed by atoms with Crippen LogP contribution in [0.25, 0.3) is 5.65 Å². The Balaban J connectivity index is 2.10. The molecule has 0 saturated carbocycles. The maximum atomic E-state index is 12.0. The van der Waals surface area contributed by atoms with Gasteiger partial charge >= 0.3 is 6.18 Å². The van der Waals surface area contributed by atoms with Gasteiger partial charge < -0.3 is 0 Å². The van der Waals surface area contributed by atoms with E-state index in [2.05, 4.69) is 10.1 Å². The van der Waals surface area contributed by atoms with Gasteiger partial charge in [-0.2, -0.15) is 18.3 Å². The Morgan fingerprint density at radius 1 is 1.37 bits per heavy atom. The minimum atomic E-state index is -4.51. The number of alkyl halides is 3. The van der Waals surface area contributed by atoms with Gasteiger partial charge in [0.15, 0.2) is 5.65 Å². The van der Waals surface area contributed by atoms with Gasteiger partial charge in [0.2, 0.25) is 10.0 Å². The number of hydrogen-bond donors (Lipinski definition) is 1. The summed E-state index contributed by atoms with van der Waals surface area (Å²) in [5.74, 6) is -1.03. The smallest absolute Gasteiger partial charge is 0.280 e. The number of anilines is 1. The van der Waals surface area contributed by atoms with Crippen molar-refractivity contribution in [2.24, 2.45) is 0 Å². The predicted molar refractivity (Wildman–Crippen MR) is 61.1 cm³/mol. The van der Waals surface area contributed by atoms with Gasteiger partial charge in [-0.15, -0.1) is 0 Å². The van der Waals surface area contributed by atoms with Crippen LogP contribution in [0, 0.1) is 0 Å². The third kappa shape index (κ3) is 3.81. The first-order chi connectivity index (χ1) is 8.75. The molecule has 19 heavy (non-hydrogen) atoms. The second-order valence-corrected chi connectivity index (χ2v) is 5.60. The summed E-state index contributed by atoms with van der Waals surface area (Å²) in [5.41, 5.74) is 0.552. The quantitative estimate of drug-likeness (QED) is 0.925. The molecule has 0 aliphatic rings. The molecule has 0 radical (unpaired) electrons. The molecule has 0 saturated heterocycles. The molecule has 2 aromatic rings. The number of aromatic nitrogens is 3. The van der Waals surface area contributed by atoms with Crippen LogP contribution in [0.4, 0.5) is 18.9 Å². The van der Waals surface area contributed by atoms with E-state index in [-0.39, 0.29) is 5.69 Å². The van der Waals surface area contributed by atoms with Crippen LogP contribution in [0.1, 0.15) is 6.42 Å². The Morgan fingerprint density at radius 3 is 2.79 bits per heavy atom. The molecule has 10 heteroatoms. The molecule has 0 fully saturated rings. The van der Waals surface area contributed by atoms with Crippen molar-refractivity contribution in [3.05, 3.63) is 24.7 Å². The van der Waals surface area contributed by atoms with E-state index >= 15 is 0 Å². The number of rotatable bonds is 4. The molecule has 0 bridgehead atoms. The molecule has 104 valence electrons. The van der Waals surface area contributed by atoms with Crippen molar-refractivity contribution < 1.29 is 21.6 Å². The Labute approximate surface area is 106 Å². The molecular weight excluding hydrogens is 285 g/mol. The fraction of sp³-hybridized carbons (Fsp3) is 0.333. The van der Waals surface area contributed by atoms with Crippen LogP contribution in [0.5, 0.6) is 0 Å². The largest absolute Gasteiger partial charge is 0.390 e. The Hall–Kier alpha value is -1.84. The van der Waals surface area contributed by atoms with E-state index in [9.17, 15) is 21.6 Å². The Kier molecular flexibility index (Phi) is 3.35. The van der Waals surface area contributed by atoms with Gasteiger partial charge in [-0.1, -0.05) is 0 Å². The second-order valence-electron chi connectivity index (χ2n) is 3.76. The van der Waals surface area contributed by atoms with E-state index in [1.807, 2.05) is 4.72 Å². The zero-order valence-electron chi connectivity index (χ0n) is 9.42. The summed E-state index contributed by atoms with van der Waals surface area (Å²) >= 11 is 0. The van der Waals surface area contributed by atoms with Gasteiger partial charge in [0.25, 0.3) is 0 Å². The summed E-state index contributed by atoms with van der Waals surface area (Å²) in [6.07, 6.45) is -1.92. The molecule has 0 atom stereocenters. The third-order valence-electron chi connectivity index (χ3n) is 2.17. The van der Waals surface area contributed by atoms with Crippen molar-refractivity contribution in [1.82, 2.24) is 14.6 Å². The van der Waals surface area contributed by atoms with Crippen molar-refractivity contribution in [1.29, 1.82) is 0 Å². The highest BCUT2D eigenvalue weighted by Crippen LogP contribution is 2.20. The van der Waals surface area contributed by atoms with E-state index in [1.54, 1.807) is 6.07 Å². The van der Waals surface area contributed by atoms with Crippen LogP contribution in [-0.2, 0) is 10.0 Å². The molecule has 0 aliphatic carbocycles. The van der Waals surface area contributed by atoms with Gasteiger partial charge in [0, 0.05) is 6.07 Å². The highest BCUT2D eigenvalue weighted by atomic mass is 32.2. The standard InChI is InChI=1S/C9H9F3N4O2S/c10-9(11,12)2-4-19(17,18)15-7-5-13-8-1-3-14-16(8)6-7/h1,3,5-6,15H,2,4H2. The lowest BCUT2D eigenvalue weighted by Gasteiger charge is -2.09. The zero-order chi connectivity index (χ0) is 14.1.